The Labute approximate surface area is 143 Å². The Morgan fingerprint density at radius 1 is 1.24 bits per heavy atom. The molecular weight excluding hydrogens is 328 g/mol. The molecule has 1 aromatic carbocycles. The molecule has 0 saturated heterocycles. The molecule has 0 aliphatic heterocycles. The van der Waals surface area contributed by atoms with Gasteiger partial charge in [0, 0.05) is 5.92 Å². The zero-order valence-electron chi connectivity index (χ0n) is 13.8. The van der Waals surface area contributed by atoms with Gasteiger partial charge in [-0.15, -0.1) is 0 Å². The molecule has 0 radical (unpaired) electrons. The van der Waals surface area contributed by atoms with E-state index in [1.807, 2.05) is 0 Å². The minimum atomic E-state index is -1.58. The summed E-state index contributed by atoms with van der Waals surface area (Å²) in [4.78, 5) is 11.5. The Bertz CT molecular complexity index is 871. The highest BCUT2D eigenvalue weighted by Gasteiger charge is 2.40. The van der Waals surface area contributed by atoms with E-state index < -0.39 is 23.2 Å². The average molecular weight is 345 g/mol. The summed E-state index contributed by atoms with van der Waals surface area (Å²) in [5.74, 6) is -1.78. The van der Waals surface area contributed by atoms with Crippen LogP contribution in [0, 0.1) is 18.6 Å². The molecule has 0 spiro atoms. The summed E-state index contributed by atoms with van der Waals surface area (Å²) in [6.45, 7) is 3.35. The number of nitrogens with zero attached hydrogens (tertiary/aromatic N) is 5. The number of benzene rings is 1. The second-order valence-electron chi connectivity index (χ2n) is 5.95. The van der Waals surface area contributed by atoms with Gasteiger partial charge in [0.15, 0.2) is 5.82 Å². The summed E-state index contributed by atoms with van der Waals surface area (Å²) in [6, 6.07) is 4.08. The van der Waals surface area contributed by atoms with Gasteiger partial charge in [-0.05, 0) is 30.2 Å². The van der Waals surface area contributed by atoms with Crippen molar-refractivity contribution in [3.63, 3.8) is 0 Å². The summed E-state index contributed by atoms with van der Waals surface area (Å²) in [7, 11) is 0. The van der Waals surface area contributed by atoms with E-state index in [1.165, 1.54) is 41.9 Å². The van der Waals surface area contributed by atoms with Gasteiger partial charge in [-0.2, -0.15) is 5.10 Å². The molecule has 0 aliphatic carbocycles. The lowest BCUT2D eigenvalue weighted by atomic mass is 9.78. The smallest absolute Gasteiger partial charge is 0.163 e. The standard InChI is InChI=1S/C17H17F2N5O/c1-11-5-13(18)3-4-14(11)17(25,7-24-10-21-9-23-24)12(2)16-15(19)6-20-8-22-16/h3-6,8-10,12,25H,7H2,1-2H3. The maximum atomic E-state index is 14.2. The van der Waals surface area contributed by atoms with Crippen LogP contribution >= 0.6 is 0 Å². The predicted molar refractivity (Wildman–Crippen MR) is 85.5 cm³/mol. The third-order valence-electron chi connectivity index (χ3n) is 4.35. The Morgan fingerprint density at radius 2 is 2.04 bits per heavy atom. The van der Waals surface area contributed by atoms with E-state index in [0.717, 1.165) is 6.20 Å². The fourth-order valence-corrected chi connectivity index (χ4v) is 3.00. The van der Waals surface area contributed by atoms with E-state index in [4.69, 9.17) is 0 Å². The predicted octanol–water partition coefficient (Wildman–Crippen LogP) is 2.35. The van der Waals surface area contributed by atoms with Gasteiger partial charge in [0.2, 0.25) is 0 Å². The number of aromatic nitrogens is 5. The molecule has 3 rings (SSSR count). The first kappa shape index (κ1) is 17.1. The van der Waals surface area contributed by atoms with Crippen LogP contribution in [0.1, 0.15) is 29.7 Å². The normalized spacial score (nSPS) is 14.9. The highest BCUT2D eigenvalue weighted by molar-refractivity contribution is 5.35. The third kappa shape index (κ3) is 3.25. The number of rotatable bonds is 5. The fraction of sp³-hybridized carbons (Fsp3) is 0.294. The highest BCUT2D eigenvalue weighted by atomic mass is 19.1. The van der Waals surface area contributed by atoms with Crippen LogP contribution in [0.15, 0.2) is 43.4 Å². The molecule has 130 valence electrons. The van der Waals surface area contributed by atoms with Crippen LogP contribution in [0.3, 0.4) is 0 Å². The third-order valence-corrected chi connectivity index (χ3v) is 4.35. The summed E-state index contributed by atoms with van der Waals surface area (Å²) in [5, 5.41) is 15.6. The van der Waals surface area contributed by atoms with Crippen molar-refractivity contribution in [2.75, 3.05) is 0 Å². The molecule has 6 nitrogen and oxygen atoms in total. The SMILES string of the molecule is Cc1cc(F)ccc1C(O)(Cn1cncn1)C(C)c1ncncc1F. The minimum Gasteiger partial charge on any atom is -0.383 e. The van der Waals surface area contributed by atoms with E-state index in [0.29, 0.717) is 11.1 Å². The molecule has 2 aromatic heterocycles. The lowest BCUT2D eigenvalue weighted by molar-refractivity contribution is -0.0108. The van der Waals surface area contributed by atoms with Gasteiger partial charge in [0.1, 0.15) is 30.4 Å². The average Bonchev–Trinajstić information content (AvgIpc) is 3.07. The van der Waals surface area contributed by atoms with Crippen molar-refractivity contribution >= 4 is 0 Å². The first-order valence-electron chi connectivity index (χ1n) is 7.68. The molecule has 2 unspecified atom stereocenters. The Balaban J connectivity index is 2.13. The van der Waals surface area contributed by atoms with E-state index in [-0.39, 0.29) is 12.2 Å². The van der Waals surface area contributed by atoms with E-state index in [1.54, 1.807) is 13.8 Å². The Morgan fingerprint density at radius 3 is 2.68 bits per heavy atom. The van der Waals surface area contributed by atoms with Crippen LogP contribution in [0.5, 0.6) is 0 Å². The maximum absolute atomic E-state index is 14.2. The van der Waals surface area contributed by atoms with Crippen molar-refractivity contribution < 1.29 is 13.9 Å². The van der Waals surface area contributed by atoms with Crippen LogP contribution in [0.2, 0.25) is 0 Å². The topological polar surface area (TPSA) is 76.7 Å². The molecule has 0 amide bonds. The second kappa shape index (κ2) is 6.64. The maximum Gasteiger partial charge on any atom is 0.163 e. The summed E-state index contributed by atoms with van der Waals surface area (Å²) < 4.78 is 29.2. The molecule has 2 heterocycles. The van der Waals surface area contributed by atoms with Crippen molar-refractivity contribution in [1.29, 1.82) is 0 Å². The molecular formula is C17H17F2N5O. The number of hydrogen-bond donors (Lipinski definition) is 1. The lowest BCUT2D eigenvalue weighted by Crippen LogP contribution is -2.38. The number of hydrogen-bond acceptors (Lipinski definition) is 5. The second-order valence-corrected chi connectivity index (χ2v) is 5.95. The van der Waals surface area contributed by atoms with Crippen molar-refractivity contribution in [2.45, 2.75) is 31.9 Å². The summed E-state index contributed by atoms with van der Waals surface area (Å²) >= 11 is 0. The summed E-state index contributed by atoms with van der Waals surface area (Å²) in [6.07, 6.45) is 5.06. The van der Waals surface area contributed by atoms with Gasteiger partial charge in [-0.1, -0.05) is 13.0 Å². The molecule has 25 heavy (non-hydrogen) atoms. The molecule has 1 N–H and O–H groups in total. The first-order valence-corrected chi connectivity index (χ1v) is 7.68. The molecule has 0 saturated carbocycles. The van der Waals surface area contributed by atoms with Crippen LogP contribution in [-0.2, 0) is 12.1 Å². The van der Waals surface area contributed by atoms with Crippen molar-refractivity contribution in [3.8, 4) is 0 Å². The minimum absolute atomic E-state index is 0.00405. The van der Waals surface area contributed by atoms with Gasteiger partial charge in [0.25, 0.3) is 0 Å². The molecule has 2 atom stereocenters. The highest BCUT2D eigenvalue weighted by Crippen LogP contribution is 2.39. The van der Waals surface area contributed by atoms with Gasteiger partial charge in [0.05, 0.1) is 18.4 Å². The Hall–Kier alpha value is -2.74. The zero-order chi connectivity index (χ0) is 18.0. The monoisotopic (exact) mass is 345 g/mol. The Kier molecular flexibility index (Phi) is 4.54. The van der Waals surface area contributed by atoms with Crippen molar-refractivity contribution in [3.05, 3.63) is 71.8 Å². The van der Waals surface area contributed by atoms with Crippen LogP contribution in [0.4, 0.5) is 8.78 Å². The molecule has 3 aromatic rings. The van der Waals surface area contributed by atoms with E-state index in [2.05, 4.69) is 20.1 Å². The zero-order valence-corrected chi connectivity index (χ0v) is 13.8. The lowest BCUT2D eigenvalue weighted by Gasteiger charge is -2.35. The summed E-state index contributed by atoms with van der Waals surface area (Å²) in [5.41, 5.74) is -0.499. The van der Waals surface area contributed by atoms with Gasteiger partial charge in [-0.25, -0.2) is 28.4 Å². The first-order chi connectivity index (χ1) is 11.9. The number of aryl methyl sites for hydroxylation is 1. The molecule has 0 bridgehead atoms. The van der Waals surface area contributed by atoms with Crippen molar-refractivity contribution in [2.24, 2.45) is 0 Å². The number of aliphatic hydroxyl groups is 1. The van der Waals surface area contributed by atoms with Crippen LogP contribution < -0.4 is 0 Å². The van der Waals surface area contributed by atoms with Gasteiger partial charge >= 0.3 is 0 Å². The van der Waals surface area contributed by atoms with Crippen molar-refractivity contribution in [1.82, 2.24) is 24.7 Å². The van der Waals surface area contributed by atoms with Crippen LogP contribution in [0.25, 0.3) is 0 Å². The quantitative estimate of drug-likeness (QED) is 0.768. The fourth-order valence-electron chi connectivity index (χ4n) is 3.00. The molecule has 8 heteroatoms. The largest absolute Gasteiger partial charge is 0.383 e. The van der Waals surface area contributed by atoms with Gasteiger partial charge < -0.3 is 5.11 Å². The van der Waals surface area contributed by atoms with E-state index >= 15 is 0 Å². The molecule has 0 fully saturated rings. The van der Waals surface area contributed by atoms with Crippen LogP contribution in [-0.4, -0.2) is 29.8 Å². The van der Waals surface area contributed by atoms with Gasteiger partial charge in [-0.3, -0.25) is 0 Å². The number of halogens is 2. The van der Waals surface area contributed by atoms with E-state index in [9.17, 15) is 13.9 Å². The molecule has 0 aliphatic rings.